The standard InChI is InChI=1S/C6H21N3Si2/c1-3-5-7-10-9-11-8-6-4-2/h7-9H,3-6,10-11H2,1-2H3. The Hall–Kier alpha value is 0.314. The van der Waals surface area contributed by atoms with Crippen molar-refractivity contribution in [3.8, 4) is 0 Å². The van der Waals surface area contributed by atoms with Crippen LogP contribution < -0.4 is 14.6 Å². The maximum absolute atomic E-state index is 3.51. The maximum Gasteiger partial charge on any atom is 0.161 e. The molecule has 0 aliphatic heterocycles. The van der Waals surface area contributed by atoms with E-state index in [0.717, 1.165) is 0 Å². The molecule has 0 saturated carbocycles. The second-order valence-electron chi connectivity index (χ2n) is 2.60. The van der Waals surface area contributed by atoms with Crippen molar-refractivity contribution >= 4 is 19.7 Å². The molecule has 3 nitrogen and oxygen atoms in total. The molecule has 0 heterocycles. The summed E-state index contributed by atoms with van der Waals surface area (Å²) in [5, 5.41) is 0. The lowest BCUT2D eigenvalue weighted by molar-refractivity contribution is 0.844. The first kappa shape index (κ1) is 11.3. The van der Waals surface area contributed by atoms with Crippen molar-refractivity contribution in [1.82, 2.24) is 14.6 Å². The van der Waals surface area contributed by atoms with E-state index in [-0.39, 0.29) is 19.7 Å². The summed E-state index contributed by atoms with van der Waals surface area (Å²) in [6.07, 6.45) is 2.50. The third kappa shape index (κ3) is 10.3. The number of hydrogen-bond donors (Lipinski definition) is 3. The summed E-state index contributed by atoms with van der Waals surface area (Å²) in [5.41, 5.74) is 0. The van der Waals surface area contributed by atoms with Gasteiger partial charge in [-0.25, -0.2) is 0 Å². The Morgan fingerprint density at radius 3 is 1.73 bits per heavy atom. The van der Waals surface area contributed by atoms with Gasteiger partial charge in [0.1, 0.15) is 0 Å². The van der Waals surface area contributed by atoms with Crippen LogP contribution in [0.1, 0.15) is 26.7 Å². The van der Waals surface area contributed by atoms with E-state index in [1.165, 1.54) is 25.9 Å². The first-order valence-corrected chi connectivity index (χ1v) is 7.36. The van der Waals surface area contributed by atoms with Crippen LogP contribution in [0.25, 0.3) is 0 Å². The monoisotopic (exact) mass is 191 g/mol. The summed E-state index contributed by atoms with van der Waals surface area (Å²) >= 11 is 0. The molecule has 3 N–H and O–H groups in total. The predicted octanol–water partition coefficient (Wildman–Crippen LogP) is -1.43. The van der Waals surface area contributed by atoms with Crippen LogP contribution in [0.3, 0.4) is 0 Å². The molecular weight excluding hydrogens is 170 g/mol. The van der Waals surface area contributed by atoms with Crippen molar-refractivity contribution in [3.63, 3.8) is 0 Å². The Labute approximate surface area is 74.7 Å². The number of rotatable bonds is 8. The molecule has 0 unspecified atom stereocenters. The van der Waals surface area contributed by atoms with Crippen molar-refractivity contribution in [3.05, 3.63) is 0 Å². The van der Waals surface area contributed by atoms with Crippen LogP contribution in [-0.4, -0.2) is 32.8 Å². The first-order valence-electron chi connectivity index (χ1n) is 4.54. The molecule has 5 heteroatoms. The van der Waals surface area contributed by atoms with Crippen molar-refractivity contribution in [2.24, 2.45) is 0 Å². The lowest BCUT2D eigenvalue weighted by atomic mass is 10.5. The zero-order chi connectivity index (χ0) is 8.36. The normalized spacial score (nSPS) is 12.5. The van der Waals surface area contributed by atoms with Gasteiger partial charge in [-0.15, -0.1) is 0 Å². The zero-order valence-electron chi connectivity index (χ0n) is 7.74. The van der Waals surface area contributed by atoms with Gasteiger partial charge in [0.05, 0.1) is 0 Å². The molecule has 68 valence electrons. The SMILES string of the molecule is CCCN[SiH2]N[SiH2]NCCC. The molecule has 0 radical (unpaired) electrons. The van der Waals surface area contributed by atoms with Crippen LogP contribution >= 0.6 is 0 Å². The zero-order valence-corrected chi connectivity index (χ0v) is 10.6. The van der Waals surface area contributed by atoms with Crippen molar-refractivity contribution in [2.75, 3.05) is 13.1 Å². The average Bonchev–Trinajstić information content (AvgIpc) is 2.03. The summed E-state index contributed by atoms with van der Waals surface area (Å²) in [4.78, 5) is 6.87. The van der Waals surface area contributed by atoms with E-state index >= 15 is 0 Å². The third-order valence-corrected chi connectivity index (χ3v) is 4.56. The van der Waals surface area contributed by atoms with Gasteiger partial charge >= 0.3 is 0 Å². The molecule has 0 aromatic rings. The highest BCUT2D eigenvalue weighted by atomic mass is 28.3. The van der Waals surface area contributed by atoms with Crippen LogP contribution in [0.2, 0.25) is 0 Å². The Balaban J connectivity index is 2.69. The lowest BCUT2D eigenvalue weighted by Gasteiger charge is -2.04. The molecule has 0 aromatic carbocycles. The number of nitrogens with one attached hydrogen (secondary N) is 3. The van der Waals surface area contributed by atoms with Crippen LogP contribution in [0.15, 0.2) is 0 Å². The summed E-state index contributed by atoms with van der Waals surface area (Å²) in [7, 11) is -0.257. The molecule has 0 amide bonds. The topological polar surface area (TPSA) is 36.1 Å². The van der Waals surface area contributed by atoms with Gasteiger partial charge in [0.15, 0.2) is 19.7 Å². The summed E-state index contributed by atoms with van der Waals surface area (Å²) in [6.45, 7) is 6.77. The molecule has 11 heavy (non-hydrogen) atoms. The Bertz CT molecular complexity index is 64.8. The summed E-state index contributed by atoms with van der Waals surface area (Å²) in [5.74, 6) is 0. The molecule has 0 saturated heterocycles. The highest BCUT2D eigenvalue weighted by molar-refractivity contribution is 6.47. The van der Waals surface area contributed by atoms with Crippen LogP contribution in [-0.2, 0) is 0 Å². The molecule has 0 atom stereocenters. The molecular formula is C6H21N3Si2. The number of hydrogen-bond acceptors (Lipinski definition) is 3. The van der Waals surface area contributed by atoms with Gasteiger partial charge in [-0.2, -0.15) is 0 Å². The van der Waals surface area contributed by atoms with Gasteiger partial charge in [-0.1, -0.05) is 13.8 Å². The Morgan fingerprint density at radius 2 is 1.36 bits per heavy atom. The Morgan fingerprint density at radius 1 is 0.909 bits per heavy atom. The minimum absolute atomic E-state index is 0.128. The van der Waals surface area contributed by atoms with Crippen LogP contribution in [0.5, 0.6) is 0 Å². The predicted molar refractivity (Wildman–Crippen MR) is 56.8 cm³/mol. The molecule has 0 fully saturated rings. The molecule has 0 spiro atoms. The fourth-order valence-electron chi connectivity index (χ4n) is 0.770. The second-order valence-corrected chi connectivity index (χ2v) is 6.31. The van der Waals surface area contributed by atoms with E-state index in [0.29, 0.717) is 0 Å². The first-order chi connectivity index (χ1) is 5.41. The van der Waals surface area contributed by atoms with E-state index in [2.05, 4.69) is 28.5 Å². The molecule has 0 rings (SSSR count). The molecule has 0 aromatic heterocycles. The lowest BCUT2D eigenvalue weighted by Crippen LogP contribution is -2.42. The summed E-state index contributed by atoms with van der Waals surface area (Å²) in [6, 6.07) is 0. The van der Waals surface area contributed by atoms with E-state index < -0.39 is 0 Å². The quantitative estimate of drug-likeness (QED) is 0.325. The van der Waals surface area contributed by atoms with E-state index in [9.17, 15) is 0 Å². The van der Waals surface area contributed by atoms with Crippen molar-refractivity contribution < 1.29 is 0 Å². The molecule has 0 aliphatic carbocycles. The van der Waals surface area contributed by atoms with Gasteiger partial charge in [0.2, 0.25) is 0 Å². The van der Waals surface area contributed by atoms with Crippen molar-refractivity contribution in [2.45, 2.75) is 26.7 Å². The molecule has 0 aliphatic rings. The van der Waals surface area contributed by atoms with E-state index in [4.69, 9.17) is 0 Å². The van der Waals surface area contributed by atoms with E-state index in [1.807, 2.05) is 0 Å². The average molecular weight is 191 g/mol. The third-order valence-electron chi connectivity index (χ3n) is 1.35. The van der Waals surface area contributed by atoms with Crippen LogP contribution in [0, 0.1) is 0 Å². The smallest absolute Gasteiger partial charge is 0.161 e. The van der Waals surface area contributed by atoms with Gasteiger partial charge in [-0.05, 0) is 25.9 Å². The highest BCUT2D eigenvalue weighted by Gasteiger charge is 1.85. The summed E-state index contributed by atoms with van der Waals surface area (Å²) < 4.78 is 3.51. The van der Waals surface area contributed by atoms with Crippen LogP contribution in [0.4, 0.5) is 0 Å². The fraction of sp³-hybridized carbons (Fsp3) is 1.00. The van der Waals surface area contributed by atoms with Gasteiger partial charge < -0.3 is 14.6 Å². The van der Waals surface area contributed by atoms with Gasteiger partial charge in [-0.3, -0.25) is 0 Å². The largest absolute Gasteiger partial charge is 0.345 e. The van der Waals surface area contributed by atoms with Crippen molar-refractivity contribution in [1.29, 1.82) is 0 Å². The highest BCUT2D eigenvalue weighted by Crippen LogP contribution is 1.66. The maximum atomic E-state index is 3.51. The second kappa shape index (κ2) is 10.3. The minimum Gasteiger partial charge on any atom is -0.345 e. The Kier molecular flexibility index (Phi) is 10.6. The minimum atomic E-state index is -0.128. The fourth-order valence-corrected chi connectivity index (χ4v) is 3.74. The molecule has 0 bridgehead atoms. The van der Waals surface area contributed by atoms with E-state index in [1.54, 1.807) is 0 Å². The van der Waals surface area contributed by atoms with Gasteiger partial charge in [0, 0.05) is 0 Å². The van der Waals surface area contributed by atoms with Gasteiger partial charge in [0.25, 0.3) is 0 Å².